The van der Waals surface area contributed by atoms with E-state index >= 15 is 0 Å². The van der Waals surface area contributed by atoms with Crippen LogP contribution in [0.1, 0.15) is 11.1 Å². The summed E-state index contributed by atoms with van der Waals surface area (Å²) >= 11 is 0. The van der Waals surface area contributed by atoms with Gasteiger partial charge in [0.15, 0.2) is 23.3 Å². The van der Waals surface area contributed by atoms with E-state index in [1.54, 1.807) is 0 Å². The van der Waals surface area contributed by atoms with E-state index in [9.17, 15) is 49.8 Å². The second kappa shape index (κ2) is 8.37. The van der Waals surface area contributed by atoms with Crippen LogP contribution in [0, 0.1) is 23.3 Å². The molecule has 0 saturated carbocycles. The maximum Gasteiger partial charge on any atom is 0.334 e. The van der Waals surface area contributed by atoms with Gasteiger partial charge in [-0.05, 0) is 36.4 Å². The van der Waals surface area contributed by atoms with Crippen LogP contribution >= 0.6 is 0 Å². The summed E-state index contributed by atoms with van der Waals surface area (Å²) < 4.78 is 111. The van der Waals surface area contributed by atoms with Crippen LogP contribution < -0.4 is 11.2 Å². The molecule has 3 aromatic rings. The predicted molar refractivity (Wildman–Crippen MR) is 97.1 cm³/mol. The zero-order valence-electron chi connectivity index (χ0n) is 16.1. The van der Waals surface area contributed by atoms with Gasteiger partial charge in [-0.2, -0.15) is 17.6 Å². The molecule has 0 fully saturated rings. The summed E-state index contributed by atoms with van der Waals surface area (Å²) in [4.78, 5) is 24.5. The van der Waals surface area contributed by atoms with Crippen LogP contribution in [0.25, 0.3) is 0 Å². The van der Waals surface area contributed by atoms with Crippen LogP contribution in [0.15, 0.2) is 52.1 Å². The second-order valence-electron chi connectivity index (χ2n) is 6.96. The van der Waals surface area contributed by atoms with Gasteiger partial charge in [-0.3, -0.25) is 13.9 Å². The van der Waals surface area contributed by atoms with Crippen molar-refractivity contribution in [2.75, 3.05) is 0 Å². The van der Waals surface area contributed by atoms with E-state index in [2.05, 4.69) is 0 Å². The Kier molecular flexibility index (Phi) is 6.09. The van der Waals surface area contributed by atoms with E-state index in [-0.39, 0.29) is 27.3 Å². The Labute approximate surface area is 178 Å². The Bertz CT molecular complexity index is 1330. The first kappa shape index (κ1) is 24.0. The average Bonchev–Trinajstić information content (AvgIpc) is 2.72. The summed E-state index contributed by atoms with van der Waals surface area (Å²) in [5.74, 6) is -15.7. The summed E-state index contributed by atoms with van der Waals surface area (Å²) in [6.45, 7) is -3.48. The molecule has 176 valence electrons. The fraction of sp³-hybridized carbons (Fsp3) is 0.200. The van der Waals surface area contributed by atoms with Gasteiger partial charge in [0.05, 0.1) is 19.2 Å². The summed E-state index contributed by atoms with van der Waals surface area (Å²) in [6, 6.07) is 2.28. The SMILES string of the molecule is O=c1cc(O)n(CC(F)(F)c2ccc(F)c(F)c2)c(=O)n1CC(F)(F)c1ccc(F)c(F)c1. The van der Waals surface area contributed by atoms with Gasteiger partial charge >= 0.3 is 5.69 Å². The first-order valence-corrected chi connectivity index (χ1v) is 8.93. The Balaban J connectivity index is 2.02. The van der Waals surface area contributed by atoms with Crippen LogP contribution in [-0.4, -0.2) is 14.2 Å². The van der Waals surface area contributed by atoms with Gasteiger partial charge in [0.1, 0.15) is 0 Å². The molecule has 0 saturated heterocycles. The first-order valence-electron chi connectivity index (χ1n) is 8.93. The van der Waals surface area contributed by atoms with Crippen LogP contribution in [0.3, 0.4) is 0 Å². The van der Waals surface area contributed by atoms with Crippen molar-refractivity contribution in [1.29, 1.82) is 0 Å². The molecule has 3 rings (SSSR count). The molecule has 0 bridgehead atoms. The summed E-state index contributed by atoms with van der Waals surface area (Å²) in [5.41, 5.74) is -5.49. The first-order chi connectivity index (χ1) is 15.2. The number of aromatic nitrogens is 2. The summed E-state index contributed by atoms with van der Waals surface area (Å²) in [5, 5.41) is 9.79. The topological polar surface area (TPSA) is 64.2 Å². The highest BCUT2D eigenvalue weighted by Crippen LogP contribution is 2.32. The molecule has 2 aromatic carbocycles. The number of rotatable bonds is 6. The van der Waals surface area contributed by atoms with Crippen LogP contribution in [0.2, 0.25) is 0 Å². The minimum atomic E-state index is -4.13. The van der Waals surface area contributed by atoms with E-state index in [0.717, 1.165) is 0 Å². The molecule has 5 nitrogen and oxygen atoms in total. The normalized spacial score (nSPS) is 12.2. The molecular formula is C20H12F8N2O3. The highest BCUT2D eigenvalue weighted by Gasteiger charge is 2.37. The number of aromatic hydroxyl groups is 1. The third kappa shape index (κ3) is 4.76. The van der Waals surface area contributed by atoms with Crippen LogP contribution in [-0.2, 0) is 24.9 Å². The van der Waals surface area contributed by atoms with Crippen molar-refractivity contribution in [3.05, 3.63) is 97.7 Å². The van der Waals surface area contributed by atoms with Gasteiger partial charge in [-0.25, -0.2) is 22.4 Å². The van der Waals surface area contributed by atoms with E-state index < -0.39 is 76.5 Å². The van der Waals surface area contributed by atoms with E-state index in [1.165, 1.54) is 0 Å². The molecule has 0 aliphatic carbocycles. The van der Waals surface area contributed by atoms with Crippen molar-refractivity contribution in [1.82, 2.24) is 9.13 Å². The largest absolute Gasteiger partial charge is 0.494 e. The smallest absolute Gasteiger partial charge is 0.334 e. The van der Waals surface area contributed by atoms with Gasteiger partial charge in [0.2, 0.25) is 5.88 Å². The fourth-order valence-corrected chi connectivity index (χ4v) is 2.93. The van der Waals surface area contributed by atoms with Gasteiger partial charge < -0.3 is 5.11 Å². The maximum atomic E-state index is 14.6. The van der Waals surface area contributed by atoms with Crippen molar-refractivity contribution in [3.63, 3.8) is 0 Å². The van der Waals surface area contributed by atoms with E-state index in [4.69, 9.17) is 0 Å². The number of benzene rings is 2. The van der Waals surface area contributed by atoms with Gasteiger partial charge in [0.25, 0.3) is 17.4 Å². The van der Waals surface area contributed by atoms with Gasteiger partial charge in [-0.1, -0.05) is 0 Å². The molecule has 0 aliphatic heterocycles. The molecule has 0 amide bonds. The lowest BCUT2D eigenvalue weighted by Gasteiger charge is -2.21. The van der Waals surface area contributed by atoms with Crippen molar-refractivity contribution < 1.29 is 40.2 Å². The Morgan fingerprint density at radius 1 is 0.667 bits per heavy atom. The molecule has 0 atom stereocenters. The highest BCUT2D eigenvalue weighted by atomic mass is 19.3. The van der Waals surface area contributed by atoms with Crippen molar-refractivity contribution in [3.8, 4) is 5.88 Å². The number of alkyl halides is 4. The molecule has 1 heterocycles. The molecule has 0 aliphatic rings. The summed E-state index contributed by atoms with van der Waals surface area (Å²) in [6.07, 6.45) is 0. The third-order valence-electron chi connectivity index (χ3n) is 4.65. The molecular weight excluding hydrogens is 468 g/mol. The lowest BCUT2D eigenvalue weighted by Crippen LogP contribution is -2.44. The predicted octanol–water partition coefficient (Wildman–Crippen LogP) is 3.86. The lowest BCUT2D eigenvalue weighted by atomic mass is 10.1. The zero-order chi connectivity index (χ0) is 24.7. The zero-order valence-corrected chi connectivity index (χ0v) is 16.1. The molecule has 1 N–H and O–H groups in total. The molecule has 33 heavy (non-hydrogen) atoms. The van der Waals surface area contributed by atoms with Crippen LogP contribution in [0.4, 0.5) is 35.1 Å². The molecule has 0 spiro atoms. The average molecular weight is 480 g/mol. The molecule has 0 unspecified atom stereocenters. The molecule has 13 heteroatoms. The standard InChI is InChI=1S/C20H12F8N2O3/c21-12-3-1-10(5-14(12)23)19(25,26)8-29-16(31)7-17(32)30(18(29)33)9-20(27,28)11-2-4-13(22)15(24)6-11/h1-7,31H,8-9H2. The number of hydrogen-bond donors (Lipinski definition) is 1. The van der Waals surface area contributed by atoms with Crippen molar-refractivity contribution in [2.24, 2.45) is 0 Å². The quantitative estimate of drug-likeness (QED) is 0.546. The number of hydrogen-bond acceptors (Lipinski definition) is 3. The third-order valence-corrected chi connectivity index (χ3v) is 4.65. The monoisotopic (exact) mass is 480 g/mol. The molecule has 1 aromatic heterocycles. The molecule has 0 radical (unpaired) electrons. The van der Waals surface area contributed by atoms with Gasteiger partial charge in [-0.15, -0.1) is 0 Å². The summed E-state index contributed by atoms with van der Waals surface area (Å²) in [7, 11) is 0. The van der Waals surface area contributed by atoms with Crippen molar-refractivity contribution in [2.45, 2.75) is 24.9 Å². The Hall–Kier alpha value is -3.64. The minimum Gasteiger partial charge on any atom is -0.494 e. The Morgan fingerprint density at radius 3 is 1.52 bits per heavy atom. The highest BCUT2D eigenvalue weighted by molar-refractivity contribution is 5.24. The second-order valence-corrected chi connectivity index (χ2v) is 6.96. The fourth-order valence-electron chi connectivity index (χ4n) is 2.93. The maximum absolute atomic E-state index is 14.6. The number of nitrogens with zero attached hydrogens (tertiary/aromatic N) is 2. The van der Waals surface area contributed by atoms with Crippen LogP contribution in [0.5, 0.6) is 5.88 Å². The van der Waals surface area contributed by atoms with Crippen molar-refractivity contribution >= 4 is 0 Å². The van der Waals surface area contributed by atoms with E-state index in [0.29, 0.717) is 24.3 Å². The van der Waals surface area contributed by atoms with E-state index in [1.807, 2.05) is 0 Å². The minimum absolute atomic E-state index is 0.121. The Morgan fingerprint density at radius 2 is 1.09 bits per heavy atom. The lowest BCUT2D eigenvalue weighted by molar-refractivity contribution is -0.0318. The number of halogens is 8. The van der Waals surface area contributed by atoms with Gasteiger partial charge in [0, 0.05) is 11.1 Å².